The van der Waals surface area contributed by atoms with Crippen LogP contribution in [0.3, 0.4) is 0 Å². The summed E-state index contributed by atoms with van der Waals surface area (Å²) in [6.45, 7) is 4.58. The van der Waals surface area contributed by atoms with Crippen LogP contribution in [0.4, 0.5) is 0 Å². The molecule has 0 aliphatic heterocycles. The van der Waals surface area contributed by atoms with Crippen molar-refractivity contribution in [1.29, 1.82) is 0 Å². The van der Waals surface area contributed by atoms with Crippen molar-refractivity contribution in [3.8, 4) is 0 Å². The summed E-state index contributed by atoms with van der Waals surface area (Å²) in [5.74, 6) is -0.181. The van der Waals surface area contributed by atoms with Gasteiger partial charge in [-0.25, -0.2) is 0 Å². The maximum Gasteiger partial charge on any atom is 0.268 e. The first-order chi connectivity index (χ1) is 34.0. The monoisotopic (exact) mass is 995 g/mol. The summed E-state index contributed by atoms with van der Waals surface area (Å²) in [7, 11) is 1.28. The van der Waals surface area contributed by atoms with Gasteiger partial charge in [0, 0.05) is 6.42 Å². The van der Waals surface area contributed by atoms with Gasteiger partial charge >= 0.3 is 0 Å². The Morgan fingerprint density at radius 3 is 1.27 bits per heavy atom. The number of hydrogen-bond donors (Lipinski definition) is 2. The lowest BCUT2D eigenvalue weighted by Crippen LogP contribution is -2.46. The summed E-state index contributed by atoms with van der Waals surface area (Å²) < 4.78 is 23.3. The Morgan fingerprint density at radius 1 is 0.514 bits per heavy atom. The molecule has 1 amide bonds. The average Bonchev–Trinajstić information content (AvgIpc) is 3.32. The molecule has 0 spiro atoms. The van der Waals surface area contributed by atoms with Crippen molar-refractivity contribution in [2.24, 2.45) is 0 Å². The number of aliphatic hydroxyl groups excluding tert-OH is 1. The van der Waals surface area contributed by atoms with E-state index in [2.05, 4.69) is 129 Å². The Morgan fingerprint density at radius 2 is 0.871 bits per heavy atom. The van der Waals surface area contributed by atoms with Crippen molar-refractivity contribution in [3.05, 3.63) is 109 Å². The number of phosphoric acid groups is 1. The van der Waals surface area contributed by atoms with Crippen molar-refractivity contribution in [2.45, 2.75) is 231 Å². The molecular weight excluding hydrogens is 888 g/mol. The van der Waals surface area contributed by atoms with Crippen LogP contribution in [0.5, 0.6) is 0 Å². The van der Waals surface area contributed by atoms with Gasteiger partial charge in [-0.3, -0.25) is 9.36 Å². The third-order valence-corrected chi connectivity index (χ3v) is 13.0. The first-order valence-electron chi connectivity index (χ1n) is 28.2. The van der Waals surface area contributed by atoms with Crippen molar-refractivity contribution in [1.82, 2.24) is 5.32 Å². The summed E-state index contributed by atoms with van der Waals surface area (Å²) in [6.07, 6.45) is 74.0. The van der Waals surface area contributed by atoms with E-state index >= 15 is 0 Å². The molecule has 0 rings (SSSR count). The molecule has 0 saturated carbocycles. The van der Waals surface area contributed by atoms with Crippen LogP contribution in [0.2, 0.25) is 0 Å². The van der Waals surface area contributed by atoms with Crippen LogP contribution in [0.15, 0.2) is 109 Å². The second-order valence-electron chi connectivity index (χ2n) is 19.9. The summed E-state index contributed by atoms with van der Waals surface area (Å²) in [5, 5.41) is 14.0. The Balaban J connectivity index is 4.16. The average molecular weight is 996 g/mol. The maximum atomic E-state index is 13.0. The summed E-state index contributed by atoms with van der Waals surface area (Å²) >= 11 is 0. The quantitative estimate of drug-likeness (QED) is 0.0272. The van der Waals surface area contributed by atoms with E-state index in [9.17, 15) is 19.4 Å². The molecule has 3 atom stereocenters. The van der Waals surface area contributed by atoms with Crippen LogP contribution in [-0.4, -0.2) is 68.5 Å². The summed E-state index contributed by atoms with van der Waals surface area (Å²) in [5.41, 5.74) is 0. The number of nitrogens with zero attached hydrogens (tertiary/aromatic N) is 1. The van der Waals surface area contributed by atoms with Crippen molar-refractivity contribution < 1.29 is 32.9 Å². The largest absolute Gasteiger partial charge is 0.756 e. The highest BCUT2D eigenvalue weighted by atomic mass is 31.2. The first kappa shape index (κ1) is 67.2. The van der Waals surface area contributed by atoms with E-state index in [4.69, 9.17) is 9.05 Å². The van der Waals surface area contributed by atoms with Gasteiger partial charge in [0.05, 0.1) is 39.9 Å². The standard InChI is InChI=1S/C61H107N2O6P/c1-6-8-10-12-14-16-18-20-21-22-23-24-25-26-27-28-29-30-31-32-33-34-35-36-37-38-39-40-41-43-45-47-49-51-53-55-61(65)62-59(58-69-70(66,67)68-57-56-63(3,4)5)60(64)54-52-50-48-46-44-42-19-17-15-13-11-9-7-2/h8,10,14,16,20-21,23-24,26-27,29-30,32-33,35-36,38-39,59-60,64H,6-7,9,11-13,15,17-19,22,25,28,31,34,37,40-58H2,1-5H3,(H-,62,65,66,67)/b10-8-,16-14-,21-20-,24-23-,27-26-,30-29-,33-32-,36-35-,39-38-. The molecule has 0 saturated heterocycles. The highest BCUT2D eigenvalue weighted by Gasteiger charge is 2.24. The Bertz CT molecular complexity index is 1500. The Labute approximate surface area is 431 Å². The molecule has 0 heterocycles. The number of likely N-dealkylation sites (N-methyl/N-ethyl adjacent to an activating group) is 1. The number of quaternary nitrogens is 1. The van der Waals surface area contributed by atoms with Gasteiger partial charge in [-0.1, -0.05) is 239 Å². The number of amides is 1. The fourth-order valence-corrected chi connectivity index (χ4v) is 8.34. The Hall–Kier alpha value is -2.84. The molecule has 70 heavy (non-hydrogen) atoms. The molecule has 0 aromatic heterocycles. The third-order valence-electron chi connectivity index (χ3n) is 12.0. The number of aliphatic hydroxyl groups is 1. The number of phosphoric ester groups is 1. The van der Waals surface area contributed by atoms with Gasteiger partial charge in [-0.15, -0.1) is 0 Å². The SMILES string of the molecule is CC/C=C\C/C=C\C/C=C\C/C=C\C/C=C\C/C=C\C/C=C\C/C=C\C/C=C\CCCCCCCCCC(=O)NC(COP(=O)([O-])OCC[N+](C)(C)C)C(O)CCCCCCCCCCCCCCC. The van der Waals surface area contributed by atoms with E-state index < -0.39 is 20.0 Å². The van der Waals surface area contributed by atoms with Crippen LogP contribution in [-0.2, 0) is 18.4 Å². The van der Waals surface area contributed by atoms with Gasteiger partial charge in [0.1, 0.15) is 13.2 Å². The van der Waals surface area contributed by atoms with E-state index in [0.29, 0.717) is 23.9 Å². The molecular formula is C61H107N2O6P. The predicted molar refractivity (Wildman–Crippen MR) is 302 cm³/mol. The fourth-order valence-electron chi connectivity index (χ4n) is 7.62. The number of rotatable bonds is 50. The molecule has 0 fully saturated rings. The lowest BCUT2D eigenvalue weighted by atomic mass is 10.0. The number of allylic oxidation sites excluding steroid dienone is 18. The second-order valence-corrected chi connectivity index (χ2v) is 21.3. The lowest BCUT2D eigenvalue weighted by molar-refractivity contribution is -0.870. The molecule has 2 N–H and O–H groups in total. The zero-order valence-electron chi connectivity index (χ0n) is 45.7. The van der Waals surface area contributed by atoms with Crippen molar-refractivity contribution in [2.75, 3.05) is 40.9 Å². The molecule has 3 unspecified atom stereocenters. The van der Waals surface area contributed by atoms with E-state index in [-0.39, 0.29) is 19.1 Å². The van der Waals surface area contributed by atoms with E-state index in [1.807, 2.05) is 21.1 Å². The first-order valence-corrected chi connectivity index (χ1v) is 29.7. The smallest absolute Gasteiger partial charge is 0.268 e. The van der Waals surface area contributed by atoms with Gasteiger partial charge in [0.2, 0.25) is 5.91 Å². The molecule has 402 valence electrons. The van der Waals surface area contributed by atoms with Crippen LogP contribution in [0.25, 0.3) is 0 Å². The van der Waals surface area contributed by atoms with Gasteiger partial charge in [-0.05, 0) is 83.5 Å². The van der Waals surface area contributed by atoms with Crippen LogP contribution >= 0.6 is 7.82 Å². The molecule has 0 aromatic carbocycles. The van der Waals surface area contributed by atoms with Crippen LogP contribution in [0.1, 0.15) is 219 Å². The molecule has 0 aliphatic carbocycles. The number of carbonyl (C=O) groups is 1. The van der Waals surface area contributed by atoms with Gasteiger partial charge in [-0.2, -0.15) is 0 Å². The predicted octanol–water partition coefficient (Wildman–Crippen LogP) is 16.6. The number of unbranched alkanes of at least 4 members (excludes halogenated alkanes) is 19. The number of nitrogens with one attached hydrogen (secondary N) is 1. The zero-order chi connectivity index (χ0) is 51.3. The number of hydrogen-bond acceptors (Lipinski definition) is 6. The topological polar surface area (TPSA) is 108 Å². The Kier molecular flexibility index (Phi) is 49.0. The van der Waals surface area contributed by atoms with Crippen molar-refractivity contribution >= 4 is 13.7 Å². The summed E-state index contributed by atoms with van der Waals surface area (Å²) in [6, 6.07) is -0.813. The molecule has 0 aromatic rings. The minimum Gasteiger partial charge on any atom is -0.756 e. The third kappa shape index (κ3) is 53.0. The highest BCUT2D eigenvalue weighted by Crippen LogP contribution is 2.38. The highest BCUT2D eigenvalue weighted by molar-refractivity contribution is 7.45. The fraction of sp³-hybridized carbons (Fsp3) is 0.689. The molecule has 0 aliphatic rings. The molecule has 0 bridgehead atoms. The zero-order valence-corrected chi connectivity index (χ0v) is 46.6. The molecule has 9 heteroatoms. The normalized spacial score (nSPS) is 14.8. The summed E-state index contributed by atoms with van der Waals surface area (Å²) in [4.78, 5) is 25.5. The van der Waals surface area contributed by atoms with E-state index in [1.54, 1.807) is 0 Å². The lowest BCUT2D eigenvalue weighted by Gasteiger charge is -2.30. The minimum atomic E-state index is -4.58. The minimum absolute atomic E-state index is 0.00444. The van der Waals surface area contributed by atoms with Crippen LogP contribution in [0, 0.1) is 0 Å². The number of carbonyl (C=O) groups excluding carboxylic acids is 1. The van der Waals surface area contributed by atoms with E-state index in [0.717, 1.165) is 109 Å². The molecule has 8 nitrogen and oxygen atoms in total. The molecule has 0 radical (unpaired) electrons. The van der Waals surface area contributed by atoms with Gasteiger partial charge in [0.15, 0.2) is 0 Å². The van der Waals surface area contributed by atoms with Crippen molar-refractivity contribution in [3.63, 3.8) is 0 Å². The van der Waals surface area contributed by atoms with Crippen LogP contribution < -0.4 is 10.2 Å². The van der Waals surface area contributed by atoms with E-state index in [1.165, 1.54) is 83.5 Å². The maximum absolute atomic E-state index is 13.0. The van der Waals surface area contributed by atoms with Gasteiger partial charge < -0.3 is 28.8 Å². The van der Waals surface area contributed by atoms with Gasteiger partial charge in [0.25, 0.3) is 7.82 Å². The second kappa shape index (κ2) is 51.1.